The summed E-state index contributed by atoms with van der Waals surface area (Å²) in [7, 11) is 0. The van der Waals surface area contributed by atoms with E-state index in [9.17, 15) is 0 Å². The second-order valence-electron chi connectivity index (χ2n) is 3.94. The largest absolute Gasteiger partial charge is 0.308 e. The third-order valence-corrected chi connectivity index (χ3v) is 4.49. The summed E-state index contributed by atoms with van der Waals surface area (Å²) >= 11 is 5.35. The number of nitrogens with zero attached hydrogens (tertiary/aromatic N) is 2. The SMILES string of the molecule is NNc1nc(-c2ccccc2Br)nc2c1CSC2. The second kappa shape index (κ2) is 4.87. The van der Waals surface area contributed by atoms with Crippen LogP contribution in [-0.4, -0.2) is 9.97 Å². The first-order valence-corrected chi connectivity index (χ1v) is 7.43. The van der Waals surface area contributed by atoms with E-state index in [0.717, 1.165) is 38.6 Å². The molecule has 6 heteroatoms. The Morgan fingerprint density at radius 3 is 2.83 bits per heavy atom. The first-order valence-electron chi connectivity index (χ1n) is 5.48. The average Bonchev–Trinajstić information content (AvgIpc) is 2.86. The van der Waals surface area contributed by atoms with Crippen molar-refractivity contribution in [3.05, 3.63) is 40.0 Å². The lowest BCUT2D eigenvalue weighted by Crippen LogP contribution is -2.12. The number of halogens is 1. The first-order chi connectivity index (χ1) is 8.79. The number of nitrogens with one attached hydrogen (secondary N) is 1. The molecule has 2 aromatic rings. The summed E-state index contributed by atoms with van der Waals surface area (Å²) in [5, 5.41) is 0. The normalized spacial score (nSPS) is 13.4. The highest BCUT2D eigenvalue weighted by Crippen LogP contribution is 2.35. The van der Waals surface area contributed by atoms with Crippen molar-refractivity contribution in [2.75, 3.05) is 5.43 Å². The van der Waals surface area contributed by atoms with Gasteiger partial charge in [0.25, 0.3) is 0 Å². The Balaban J connectivity index is 2.17. The molecule has 0 bridgehead atoms. The van der Waals surface area contributed by atoms with Gasteiger partial charge in [0.1, 0.15) is 5.82 Å². The summed E-state index contributed by atoms with van der Waals surface area (Å²) < 4.78 is 0.985. The van der Waals surface area contributed by atoms with E-state index in [0.29, 0.717) is 5.82 Å². The van der Waals surface area contributed by atoms with Crippen molar-refractivity contribution in [1.29, 1.82) is 0 Å². The van der Waals surface area contributed by atoms with Crippen LogP contribution in [0.25, 0.3) is 11.4 Å². The molecule has 4 nitrogen and oxygen atoms in total. The standard InChI is InChI=1S/C12H11BrN4S/c13-9-4-2-1-3-7(9)11-15-10-6-18-5-8(10)12(16-11)17-14/h1-4H,5-6,14H2,(H,15,16,17). The Labute approximate surface area is 118 Å². The molecule has 0 saturated carbocycles. The Bertz CT molecular complexity index is 603. The van der Waals surface area contributed by atoms with E-state index in [4.69, 9.17) is 5.84 Å². The van der Waals surface area contributed by atoms with E-state index in [-0.39, 0.29) is 0 Å². The molecular formula is C12H11BrN4S. The molecule has 0 amide bonds. The molecule has 1 aliphatic heterocycles. The zero-order valence-electron chi connectivity index (χ0n) is 9.48. The molecular weight excluding hydrogens is 312 g/mol. The van der Waals surface area contributed by atoms with E-state index < -0.39 is 0 Å². The third kappa shape index (κ3) is 2.00. The Morgan fingerprint density at radius 1 is 1.22 bits per heavy atom. The van der Waals surface area contributed by atoms with Crippen LogP contribution in [0.3, 0.4) is 0 Å². The Kier molecular flexibility index (Phi) is 3.23. The number of rotatable bonds is 2. The van der Waals surface area contributed by atoms with Crippen LogP contribution >= 0.6 is 27.7 Å². The number of nitrogen functional groups attached to an aromatic ring is 1. The van der Waals surface area contributed by atoms with E-state index >= 15 is 0 Å². The lowest BCUT2D eigenvalue weighted by atomic mass is 10.2. The lowest BCUT2D eigenvalue weighted by molar-refractivity contribution is 1.06. The third-order valence-electron chi connectivity index (χ3n) is 2.83. The van der Waals surface area contributed by atoms with Gasteiger partial charge in [-0.05, 0) is 6.07 Å². The molecule has 3 N–H and O–H groups in total. The van der Waals surface area contributed by atoms with Crippen molar-refractivity contribution in [1.82, 2.24) is 9.97 Å². The fourth-order valence-corrected chi connectivity index (χ4v) is 3.44. The highest BCUT2D eigenvalue weighted by Gasteiger charge is 2.20. The van der Waals surface area contributed by atoms with Crippen LogP contribution in [0.4, 0.5) is 5.82 Å². The van der Waals surface area contributed by atoms with Crippen LogP contribution in [-0.2, 0) is 11.5 Å². The minimum absolute atomic E-state index is 0.705. The number of aromatic nitrogens is 2. The Morgan fingerprint density at radius 2 is 2.06 bits per heavy atom. The van der Waals surface area contributed by atoms with Crippen LogP contribution in [0.5, 0.6) is 0 Å². The van der Waals surface area contributed by atoms with Gasteiger partial charge in [-0.25, -0.2) is 15.8 Å². The van der Waals surface area contributed by atoms with Crippen LogP contribution in [0.15, 0.2) is 28.7 Å². The van der Waals surface area contributed by atoms with Gasteiger partial charge in [0.2, 0.25) is 0 Å². The predicted molar refractivity (Wildman–Crippen MR) is 78.0 cm³/mol. The fraction of sp³-hybridized carbons (Fsp3) is 0.167. The van der Waals surface area contributed by atoms with Crippen LogP contribution in [0.2, 0.25) is 0 Å². The smallest absolute Gasteiger partial charge is 0.163 e. The zero-order chi connectivity index (χ0) is 12.5. The first kappa shape index (κ1) is 12.0. The van der Waals surface area contributed by atoms with Crippen molar-refractivity contribution in [3.8, 4) is 11.4 Å². The molecule has 18 heavy (non-hydrogen) atoms. The van der Waals surface area contributed by atoms with Gasteiger partial charge in [-0.2, -0.15) is 11.8 Å². The minimum Gasteiger partial charge on any atom is -0.308 e. The van der Waals surface area contributed by atoms with Crippen molar-refractivity contribution in [3.63, 3.8) is 0 Å². The van der Waals surface area contributed by atoms with Crippen LogP contribution in [0, 0.1) is 0 Å². The second-order valence-corrected chi connectivity index (χ2v) is 5.78. The highest BCUT2D eigenvalue weighted by atomic mass is 79.9. The molecule has 1 aliphatic rings. The molecule has 2 heterocycles. The summed E-state index contributed by atoms with van der Waals surface area (Å²) in [5.41, 5.74) is 5.86. The molecule has 0 spiro atoms. The van der Waals surface area contributed by atoms with E-state index in [1.807, 2.05) is 36.0 Å². The van der Waals surface area contributed by atoms with Gasteiger partial charge in [0, 0.05) is 27.1 Å². The number of benzene rings is 1. The molecule has 3 rings (SSSR count). The highest BCUT2D eigenvalue weighted by molar-refractivity contribution is 9.10. The van der Waals surface area contributed by atoms with Gasteiger partial charge in [0.05, 0.1) is 5.69 Å². The minimum atomic E-state index is 0.705. The topological polar surface area (TPSA) is 63.8 Å². The average molecular weight is 323 g/mol. The van der Waals surface area contributed by atoms with Gasteiger partial charge in [0.15, 0.2) is 5.82 Å². The molecule has 0 radical (unpaired) electrons. The number of nitrogens with two attached hydrogens (primary N) is 1. The summed E-state index contributed by atoms with van der Waals surface area (Å²) in [4.78, 5) is 9.14. The van der Waals surface area contributed by atoms with Crippen molar-refractivity contribution >= 4 is 33.5 Å². The fourth-order valence-electron chi connectivity index (χ4n) is 1.93. The zero-order valence-corrected chi connectivity index (χ0v) is 11.9. The number of anilines is 1. The monoisotopic (exact) mass is 322 g/mol. The molecule has 0 fully saturated rings. The maximum absolute atomic E-state index is 5.55. The number of fused-ring (bicyclic) bond motifs is 1. The number of hydrazine groups is 1. The van der Waals surface area contributed by atoms with Gasteiger partial charge in [-0.1, -0.05) is 34.1 Å². The van der Waals surface area contributed by atoms with Crippen LogP contribution < -0.4 is 11.3 Å². The molecule has 1 aromatic carbocycles. The summed E-state index contributed by atoms with van der Waals surface area (Å²) in [6, 6.07) is 7.92. The predicted octanol–water partition coefficient (Wildman–Crippen LogP) is 2.94. The molecule has 0 unspecified atom stereocenters. The van der Waals surface area contributed by atoms with Gasteiger partial charge < -0.3 is 5.43 Å². The van der Waals surface area contributed by atoms with E-state index in [2.05, 4.69) is 31.3 Å². The Hall–Kier alpha value is -1.11. The molecule has 0 atom stereocenters. The summed E-state index contributed by atoms with van der Waals surface area (Å²) in [6.45, 7) is 0. The maximum Gasteiger partial charge on any atom is 0.163 e. The molecule has 1 aromatic heterocycles. The molecule has 92 valence electrons. The van der Waals surface area contributed by atoms with Crippen molar-refractivity contribution in [2.45, 2.75) is 11.5 Å². The van der Waals surface area contributed by atoms with Crippen LogP contribution in [0.1, 0.15) is 11.3 Å². The van der Waals surface area contributed by atoms with E-state index in [1.165, 1.54) is 0 Å². The lowest BCUT2D eigenvalue weighted by Gasteiger charge is -2.09. The summed E-state index contributed by atoms with van der Waals surface area (Å²) in [5.74, 6) is 8.83. The number of hydrogen-bond donors (Lipinski definition) is 2. The van der Waals surface area contributed by atoms with Crippen molar-refractivity contribution < 1.29 is 0 Å². The van der Waals surface area contributed by atoms with Gasteiger partial charge in [-0.3, -0.25) is 0 Å². The van der Waals surface area contributed by atoms with Gasteiger partial charge >= 0.3 is 0 Å². The molecule has 0 saturated heterocycles. The summed E-state index contributed by atoms with van der Waals surface area (Å²) in [6.07, 6.45) is 0. The van der Waals surface area contributed by atoms with Gasteiger partial charge in [-0.15, -0.1) is 0 Å². The number of thioether (sulfide) groups is 1. The maximum atomic E-state index is 5.55. The van der Waals surface area contributed by atoms with E-state index in [1.54, 1.807) is 0 Å². The molecule has 0 aliphatic carbocycles. The number of hydrogen-bond acceptors (Lipinski definition) is 5. The quantitative estimate of drug-likeness (QED) is 0.657. The van der Waals surface area contributed by atoms with Crippen molar-refractivity contribution in [2.24, 2.45) is 5.84 Å².